The first-order chi connectivity index (χ1) is 10.3. The van der Waals surface area contributed by atoms with Gasteiger partial charge in [-0.15, -0.1) is 0 Å². The summed E-state index contributed by atoms with van der Waals surface area (Å²) < 4.78 is 20.3. The number of pyridine rings is 1. The number of rotatable bonds is 3. The fraction of sp³-hybridized carbons (Fsp3) is 0.312. The number of nitrogens with one attached hydrogen (secondary N) is 1. The van der Waals surface area contributed by atoms with E-state index in [-0.39, 0.29) is 5.82 Å². The number of hydrogen-bond donors (Lipinski definition) is 1. The number of benzene rings is 1. The van der Waals surface area contributed by atoms with E-state index in [2.05, 4.69) is 10.3 Å². The van der Waals surface area contributed by atoms with Crippen LogP contribution in [0.25, 0.3) is 0 Å². The van der Waals surface area contributed by atoms with E-state index in [0.29, 0.717) is 37.6 Å². The average molecular weight is 287 g/mol. The molecule has 0 unspecified atom stereocenters. The van der Waals surface area contributed by atoms with E-state index < -0.39 is 0 Å². The predicted octanol–water partition coefficient (Wildman–Crippen LogP) is 2.34. The second-order valence-electron chi connectivity index (χ2n) is 5.02. The Morgan fingerprint density at radius 3 is 3.05 bits per heavy atom. The minimum absolute atomic E-state index is 0.258. The number of nitrogens with zero attached hydrogens (tertiary/aromatic N) is 2. The molecule has 5 heteroatoms. The zero-order valence-electron chi connectivity index (χ0n) is 12.0. The molecule has 0 bridgehead atoms. The molecule has 0 radical (unpaired) electrons. The number of ether oxygens (including phenoxy) is 1. The quantitative estimate of drug-likeness (QED) is 0.940. The average Bonchev–Trinajstić information content (AvgIpc) is 2.72. The van der Waals surface area contributed by atoms with E-state index in [1.54, 1.807) is 19.3 Å². The zero-order chi connectivity index (χ0) is 14.7. The Labute approximate surface area is 123 Å². The highest BCUT2D eigenvalue weighted by Crippen LogP contribution is 2.27. The molecule has 0 amide bonds. The Balaban J connectivity index is 1.92. The molecule has 110 valence electrons. The molecule has 1 aliphatic heterocycles. The first kappa shape index (κ1) is 13.8. The molecule has 3 rings (SSSR count). The number of hydrogen-bond acceptors (Lipinski definition) is 4. The molecule has 2 aromatic rings. The van der Waals surface area contributed by atoms with Gasteiger partial charge in [0.25, 0.3) is 0 Å². The van der Waals surface area contributed by atoms with E-state index in [1.165, 1.54) is 0 Å². The Bertz CT molecular complexity index is 633. The van der Waals surface area contributed by atoms with Crippen molar-refractivity contribution in [2.75, 3.05) is 25.1 Å². The molecule has 2 heterocycles. The van der Waals surface area contributed by atoms with Crippen LogP contribution in [0.5, 0.6) is 5.75 Å². The van der Waals surface area contributed by atoms with Gasteiger partial charge in [0.15, 0.2) is 11.6 Å². The van der Waals surface area contributed by atoms with Crippen LogP contribution in [0, 0.1) is 5.82 Å². The third-order valence-electron chi connectivity index (χ3n) is 3.57. The second-order valence-corrected chi connectivity index (χ2v) is 5.02. The standard InChI is InChI=1S/C16H18FN3O/c1-18-10-12-6-7-19-16(15(12)17)20-8-9-21-14-5-3-2-4-13(14)11-20/h2-7,18H,8-11H2,1H3. The maximum absolute atomic E-state index is 14.6. The van der Waals surface area contributed by atoms with Crippen LogP contribution in [0.2, 0.25) is 0 Å². The molecular formula is C16H18FN3O. The van der Waals surface area contributed by atoms with E-state index in [4.69, 9.17) is 4.74 Å². The van der Waals surface area contributed by atoms with Gasteiger partial charge in [0.1, 0.15) is 12.4 Å². The van der Waals surface area contributed by atoms with Crippen molar-refractivity contribution in [3.63, 3.8) is 0 Å². The van der Waals surface area contributed by atoms with E-state index in [9.17, 15) is 4.39 Å². The monoisotopic (exact) mass is 287 g/mol. The molecule has 0 fully saturated rings. The summed E-state index contributed by atoms with van der Waals surface area (Å²) in [7, 11) is 1.80. The van der Waals surface area contributed by atoms with Crippen LogP contribution in [0.4, 0.5) is 10.2 Å². The van der Waals surface area contributed by atoms with Crippen LogP contribution >= 0.6 is 0 Å². The third-order valence-corrected chi connectivity index (χ3v) is 3.57. The van der Waals surface area contributed by atoms with Gasteiger partial charge < -0.3 is 15.0 Å². The molecule has 0 atom stereocenters. The first-order valence-electron chi connectivity index (χ1n) is 7.03. The van der Waals surface area contributed by atoms with Crippen molar-refractivity contribution in [3.05, 3.63) is 53.5 Å². The van der Waals surface area contributed by atoms with Gasteiger partial charge in [-0.1, -0.05) is 18.2 Å². The van der Waals surface area contributed by atoms with Gasteiger partial charge >= 0.3 is 0 Å². The Hall–Kier alpha value is -2.14. The molecule has 0 saturated carbocycles. The minimum Gasteiger partial charge on any atom is -0.491 e. The van der Waals surface area contributed by atoms with Crippen molar-refractivity contribution in [1.82, 2.24) is 10.3 Å². The number of fused-ring (bicyclic) bond motifs is 1. The highest BCUT2D eigenvalue weighted by Gasteiger charge is 2.20. The number of halogens is 1. The smallest absolute Gasteiger partial charge is 0.170 e. The molecular weight excluding hydrogens is 269 g/mol. The van der Waals surface area contributed by atoms with Crippen LogP contribution in [0.1, 0.15) is 11.1 Å². The molecule has 0 spiro atoms. The molecule has 1 aromatic carbocycles. The summed E-state index contributed by atoms with van der Waals surface area (Å²) in [5, 5.41) is 2.97. The van der Waals surface area contributed by atoms with Crippen molar-refractivity contribution in [2.45, 2.75) is 13.1 Å². The van der Waals surface area contributed by atoms with Crippen molar-refractivity contribution in [3.8, 4) is 5.75 Å². The lowest BCUT2D eigenvalue weighted by Crippen LogP contribution is -2.27. The minimum atomic E-state index is -0.258. The van der Waals surface area contributed by atoms with Gasteiger partial charge in [0.05, 0.1) is 6.54 Å². The Morgan fingerprint density at radius 1 is 1.33 bits per heavy atom. The van der Waals surface area contributed by atoms with Gasteiger partial charge in [-0.25, -0.2) is 9.37 Å². The van der Waals surface area contributed by atoms with Gasteiger partial charge in [-0.05, 0) is 19.2 Å². The number of aromatic nitrogens is 1. The molecule has 0 saturated heterocycles. The number of para-hydroxylation sites is 1. The lowest BCUT2D eigenvalue weighted by molar-refractivity contribution is 0.331. The molecule has 1 N–H and O–H groups in total. The predicted molar refractivity (Wildman–Crippen MR) is 79.9 cm³/mol. The highest BCUT2D eigenvalue weighted by molar-refractivity contribution is 5.46. The molecule has 4 nitrogen and oxygen atoms in total. The SMILES string of the molecule is CNCc1ccnc(N2CCOc3ccccc3C2)c1F. The summed E-state index contributed by atoms with van der Waals surface area (Å²) in [4.78, 5) is 6.16. The molecule has 0 aliphatic carbocycles. The van der Waals surface area contributed by atoms with Gasteiger partial charge in [0.2, 0.25) is 0 Å². The fourth-order valence-electron chi connectivity index (χ4n) is 2.53. The Morgan fingerprint density at radius 2 is 2.19 bits per heavy atom. The summed E-state index contributed by atoms with van der Waals surface area (Å²) in [6, 6.07) is 9.56. The van der Waals surface area contributed by atoms with Crippen LogP contribution in [0.3, 0.4) is 0 Å². The Kier molecular flexibility index (Phi) is 4.01. The fourth-order valence-corrected chi connectivity index (χ4v) is 2.53. The summed E-state index contributed by atoms with van der Waals surface area (Å²) in [5.41, 5.74) is 1.68. The normalized spacial score (nSPS) is 14.3. The van der Waals surface area contributed by atoms with Gasteiger partial charge in [-0.3, -0.25) is 0 Å². The first-order valence-corrected chi connectivity index (χ1v) is 7.03. The van der Waals surface area contributed by atoms with E-state index >= 15 is 0 Å². The lowest BCUT2D eigenvalue weighted by atomic mass is 10.2. The van der Waals surface area contributed by atoms with Crippen molar-refractivity contribution in [1.29, 1.82) is 0 Å². The summed E-state index contributed by atoms with van der Waals surface area (Å²) >= 11 is 0. The van der Waals surface area contributed by atoms with E-state index in [0.717, 1.165) is 11.3 Å². The summed E-state index contributed by atoms with van der Waals surface area (Å²) in [6.07, 6.45) is 1.66. The topological polar surface area (TPSA) is 37.4 Å². The van der Waals surface area contributed by atoms with Crippen molar-refractivity contribution in [2.24, 2.45) is 0 Å². The molecule has 1 aliphatic rings. The second kappa shape index (κ2) is 6.10. The van der Waals surface area contributed by atoms with Gasteiger partial charge in [-0.2, -0.15) is 0 Å². The van der Waals surface area contributed by atoms with Crippen LogP contribution < -0.4 is 15.0 Å². The zero-order valence-corrected chi connectivity index (χ0v) is 12.0. The largest absolute Gasteiger partial charge is 0.491 e. The summed E-state index contributed by atoms with van der Waals surface area (Å²) in [5.74, 6) is 1.00. The van der Waals surface area contributed by atoms with Crippen LogP contribution in [-0.4, -0.2) is 25.2 Å². The molecule has 21 heavy (non-hydrogen) atoms. The van der Waals surface area contributed by atoms with E-state index in [1.807, 2.05) is 29.2 Å². The maximum atomic E-state index is 14.6. The number of anilines is 1. The van der Waals surface area contributed by atoms with Gasteiger partial charge in [0, 0.05) is 30.4 Å². The summed E-state index contributed by atoms with van der Waals surface area (Å²) in [6.45, 7) is 2.22. The highest BCUT2D eigenvalue weighted by atomic mass is 19.1. The molecule has 1 aromatic heterocycles. The lowest BCUT2D eigenvalue weighted by Gasteiger charge is -2.22. The van der Waals surface area contributed by atoms with Crippen molar-refractivity contribution >= 4 is 5.82 Å². The third kappa shape index (κ3) is 2.83. The van der Waals surface area contributed by atoms with Crippen LogP contribution in [0.15, 0.2) is 36.5 Å². The maximum Gasteiger partial charge on any atom is 0.170 e. The van der Waals surface area contributed by atoms with Crippen molar-refractivity contribution < 1.29 is 9.13 Å². The van der Waals surface area contributed by atoms with Crippen LogP contribution in [-0.2, 0) is 13.1 Å².